The van der Waals surface area contributed by atoms with Crippen LogP contribution in [0.1, 0.15) is 21.6 Å². The molecule has 2 N–H and O–H groups in total. The summed E-state index contributed by atoms with van der Waals surface area (Å²) in [5.41, 5.74) is 1.06. The number of benzene rings is 2. The third kappa shape index (κ3) is 6.49. The standard InChI is InChI=1S/C26H24Cl2N4O6S/c1-38-23-8-5-18(27)11-16(23)10-17-13-30-24(33)15-32(26(17)35)39(36,37)20-6-7-22(28)21(12-20)25(34)31-14-19-4-2-3-9-29-19/h2-9,11-12,17H,10,13-15H2,1H3,(H,30,33)(H,31,34). The number of ether oxygens (including phenoxy) is 1. The molecule has 1 unspecified atom stereocenters. The van der Waals surface area contributed by atoms with Crippen LogP contribution in [0.15, 0.2) is 65.7 Å². The predicted molar refractivity (Wildman–Crippen MR) is 144 cm³/mol. The van der Waals surface area contributed by atoms with Gasteiger partial charge < -0.3 is 15.4 Å². The fraction of sp³-hybridized carbons (Fsp3) is 0.231. The highest BCUT2D eigenvalue weighted by Crippen LogP contribution is 2.29. The second-order valence-corrected chi connectivity index (χ2v) is 11.4. The number of carbonyl (C=O) groups is 3. The lowest BCUT2D eigenvalue weighted by Gasteiger charge is -2.23. The Bertz CT molecular complexity index is 1520. The van der Waals surface area contributed by atoms with Crippen LogP contribution in [0.4, 0.5) is 0 Å². The number of amides is 3. The van der Waals surface area contributed by atoms with Crippen LogP contribution in [-0.4, -0.2) is 55.6 Å². The average molecular weight is 591 g/mol. The third-order valence-electron chi connectivity index (χ3n) is 6.06. The molecule has 1 fully saturated rings. The van der Waals surface area contributed by atoms with Crippen molar-refractivity contribution in [3.8, 4) is 5.75 Å². The highest BCUT2D eigenvalue weighted by Gasteiger charge is 2.38. The van der Waals surface area contributed by atoms with E-state index in [1.807, 2.05) is 0 Å². The summed E-state index contributed by atoms with van der Waals surface area (Å²) in [6, 6.07) is 13.6. The first-order valence-corrected chi connectivity index (χ1v) is 13.9. The second-order valence-electron chi connectivity index (χ2n) is 8.66. The van der Waals surface area contributed by atoms with Crippen LogP contribution in [0, 0.1) is 5.92 Å². The van der Waals surface area contributed by atoms with Gasteiger partial charge in [-0.2, -0.15) is 0 Å². The number of hydrogen-bond acceptors (Lipinski definition) is 7. The van der Waals surface area contributed by atoms with Crippen molar-refractivity contribution >= 4 is 50.9 Å². The smallest absolute Gasteiger partial charge is 0.267 e. The van der Waals surface area contributed by atoms with Crippen molar-refractivity contribution in [1.29, 1.82) is 0 Å². The van der Waals surface area contributed by atoms with Crippen LogP contribution in [-0.2, 0) is 32.6 Å². The van der Waals surface area contributed by atoms with Gasteiger partial charge in [0.1, 0.15) is 12.3 Å². The Hall–Kier alpha value is -3.67. The number of pyridine rings is 1. The maximum Gasteiger partial charge on any atom is 0.267 e. The number of rotatable bonds is 8. The molecule has 3 amide bonds. The van der Waals surface area contributed by atoms with Crippen molar-refractivity contribution in [3.05, 3.63) is 87.7 Å². The highest BCUT2D eigenvalue weighted by atomic mass is 35.5. The van der Waals surface area contributed by atoms with Gasteiger partial charge in [-0.1, -0.05) is 29.3 Å². The van der Waals surface area contributed by atoms with E-state index >= 15 is 0 Å². The fourth-order valence-corrected chi connectivity index (χ4v) is 5.89. The number of carbonyl (C=O) groups excluding carboxylic acids is 3. The summed E-state index contributed by atoms with van der Waals surface area (Å²) < 4.78 is 33.1. The molecule has 2 aromatic carbocycles. The topological polar surface area (TPSA) is 135 Å². The summed E-state index contributed by atoms with van der Waals surface area (Å²) in [6.45, 7) is -0.707. The van der Waals surface area contributed by atoms with Crippen LogP contribution < -0.4 is 15.4 Å². The molecule has 2 heterocycles. The van der Waals surface area contributed by atoms with Crippen LogP contribution in [0.5, 0.6) is 5.75 Å². The maximum absolute atomic E-state index is 13.6. The quantitative estimate of drug-likeness (QED) is 0.412. The van der Waals surface area contributed by atoms with Gasteiger partial charge in [-0.25, -0.2) is 12.7 Å². The zero-order chi connectivity index (χ0) is 28.2. The molecule has 1 saturated heterocycles. The summed E-state index contributed by atoms with van der Waals surface area (Å²) in [4.78, 5) is 42.5. The second kappa shape index (κ2) is 12.0. The first-order chi connectivity index (χ1) is 18.6. The van der Waals surface area contributed by atoms with Crippen molar-refractivity contribution in [2.75, 3.05) is 20.2 Å². The lowest BCUT2D eigenvalue weighted by atomic mass is 9.98. The molecule has 1 aliphatic heterocycles. The molecular weight excluding hydrogens is 567 g/mol. The van der Waals surface area contributed by atoms with Crippen molar-refractivity contribution in [3.63, 3.8) is 0 Å². The van der Waals surface area contributed by atoms with E-state index in [-0.39, 0.29) is 35.0 Å². The molecule has 3 aromatic rings. The minimum Gasteiger partial charge on any atom is -0.496 e. The van der Waals surface area contributed by atoms with Crippen molar-refractivity contribution in [2.24, 2.45) is 5.92 Å². The number of nitrogens with one attached hydrogen (secondary N) is 2. The summed E-state index contributed by atoms with van der Waals surface area (Å²) in [7, 11) is -3.08. The van der Waals surface area contributed by atoms with Gasteiger partial charge in [0.2, 0.25) is 11.8 Å². The fourth-order valence-electron chi connectivity index (χ4n) is 4.06. The number of hydrogen-bond donors (Lipinski definition) is 2. The summed E-state index contributed by atoms with van der Waals surface area (Å²) in [5, 5.41) is 5.66. The van der Waals surface area contributed by atoms with E-state index in [0.717, 1.165) is 6.07 Å². The van der Waals surface area contributed by atoms with Gasteiger partial charge in [0.15, 0.2) is 0 Å². The third-order valence-corrected chi connectivity index (χ3v) is 8.37. The number of sulfonamides is 1. The van der Waals surface area contributed by atoms with Gasteiger partial charge in [-0.15, -0.1) is 0 Å². The molecule has 4 rings (SSSR count). The zero-order valence-corrected chi connectivity index (χ0v) is 23.0. The molecule has 0 radical (unpaired) electrons. The highest BCUT2D eigenvalue weighted by molar-refractivity contribution is 7.89. The molecular formula is C26H24Cl2N4O6S. The van der Waals surface area contributed by atoms with Gasteiger partial charge >= 0.3 is 0 Å². The first kappa shape index (κ1) is 28.3. The van der Waals surface area contributed by atoms with E-state index < -0.39 is 40.2 Å². The van der Waals surface area contributed by atoms with Crippen LogP contribution in [0.3, 0.4) is 0 Å². The normalized spacial score (nSPS) is 15.9. The van der Waals surface area contributed by atoms with Crippen LogP contribution in [0.2, 0.25) is 10.0 Å². The molecule has 204 valence electrons. The maximum atomic E-state index is 13.6. The van der Waals surface area contributed by atoms with Gasteiger partial charge in [-0.3, -0.25) is 19.4 Å². The Morgan fingerprint density at radius 2 is 1.95 bits per heavy atom. The Morgan fingerprint density at radius 3 is 2.67 bits per heavy atom. The summed E-state index contributed by atoms with van der Waals surface area (Å²) in [6.07, 6.45) is 1.64. The zero-order valence-electron chi connectivity index (χ0n) is 20.7. The number of methoxy groups -OCH3 is 1. The average Bonchev–Trinajstić information content (AvgIpc) is 3.06. The monoisotopic (exact) mass is 590 g/mol. The molecule has 39 heavy (non-hydrogen) atoms. The molecule has 0 aliphatic carbocycles. The Labute approximate surface area is 235 Å². The minimum absolute atomic E-state index is 0.0123. The lowest BCUT2D eigenvalue weighted by Crippen LogP contribution is -2.42. The summed E-state index contributed by atoms with van der Waals surface area (Å²) >= 11 is 12.3. The first-order valence-electron chi connectivity index (χ1n) is 11.7. The van der Waals surface area contributed by atoms with Crippen molar-refractivity contribution in [2.45, 2.75) is 17.9 Å². The molecule has 0 saturated carbocycles. The van der Waals surface area contributed by atoms with Gasteiger partial charge in [-0.05, 0) is 60.5 Å². The van der Waals surface area contributed by atoms with E-state index in [2.05, 4.69) is 15.6 Å². The molecule has 1 atom stereocenters. The largest absolute Gasteiger partial charge is 0.496 e. The number of nitrogens with zero attached hydrogens (tertiary/aromatic N) is 2. The molecule has 0 spiro atoms. The van der Waals surface area contributed by atoms with E-state index in [0.29, 0.717) is 26.3 Å². The van der Waals surface area contributed by atoms with Gasteiger partial charge in [0, 0.05) is 17.8 Å². The van der Waals surface area contributed by atoms with Crippen LogP contribution >= 0.6 is 23.2 Å². The Morgan fingerprint density at radius 1 is 1.15 bits per heavy atom. The molecule has 13 heteroatoms. The Kier molecular flexibility index (Phi) is 8.73. The molecule has 10 nitrogen and oxygen atoms in total. The number of aromatic nitrogens is 1. The number of halogens is 2. The van der Waals surface area contributed by atoms with Gasteiger partial charge in [0.25, 0.3) is 15.9 Å². The van der Waals surface area contributed by atoms with Crippen molar-refractivity contribution in [1.82, 2.24) is 19.9 Å². The predicted octanol–water partition coefficient (Wildman–Crippen LogP) is 2.83. The SMILES string of the molecule is COc1ccc(Cl)cc1CC1CNC(=O)CN(S(=O)(=O)c2ccc(Cl)c(C(=O)NCc3ccccn3)c2)C1=O. The van der Waals surface area contributed by atoms with E-state index in [1.165, 1.54) is 19.2 Å². The molecule has 1 aliphatic rings. The van der Waals surface area contributed by atoms with Gasteiger partial charge in [0.05, 0.1) is 40.7 Å². The van der Waals surface area contributed by atoms with E-state index in [4.69, 9.17) is 27.9 Å². The molecule has 0 bridgehead atoms. The minimum atomic E-state index is -4.54. The lowest BCUT2D eigenvalue weighted by molar-refractivity contribution is -0.131. The van der Waals surface area contributed by atoms with E-state index in [1.54, 1.807) is 42.6 Å². The van der Waals surface area contributed by atoms with Crippen molar-refractivity contribution < 1.29 is 27.5 Å². The summed E-state index contributed by atoms with van der Waals surface area (Å²) in [5.74, 6) is -2.52. The van der Waals surface area contributed by atoms with Crippen LogP contribution in [0.25, 0.3) is 0 Å². The van der Waals surface area contributed by atoms with E-state index in [9.17, 15) is 22.8 Å². The Balaban J connectivity index is 1.61. The molecule has 1 aromatic heterocycles.